The summed E-state index contributed by atoms with van der Waals surface area (Å²) in [4.78, 5) is 24.9. The van der Waals surface area contributed by atoms with Gasteiger partial charge in [0.25, 0.3) is 5.91 Å². The Kier molecular flexibility index (Phi) is 9.29. The third-order valence-corrected chi connectivity index (χ3v) is 4.72. The number of amides is 2. The Balaban J connectivity index is 1.50. The minimum atomic E-state index is -0.227. The predicted octanol–water partition coefficient (Wildman–Crippen LogP) is 4.08. The van der Waals surface area contributed by atoms with Crippen molar-refractivity contribution in [1.29, 1.82) is 0 Å². The second-order valence-electron chi connectivity index (χ2n) is 7.19. The van der Waals surface area contributed by atoms with E-state index in [0.29, 0.717) is 49.1 Å². The van der Waals surface area contributed by atoms with Crippen molar-refractivity contribution in [2.45, 2.75) is 13.5 Å². The van der Waals surface area contributed by atoms with Gasteiger partial charge in [-0.25, -0.2) is 0 Å². The molecule has 33 heavy (non-hydrogen) atoms. The van der Waals surface area contributed by atoms with Gasteiger partial charge in [-0.15, -0.1) is 0 Å². The molecule has 2 amide bonds. The van der Waals surface area contributed by atoms with E-state index < -0.39 is 0 Å². The molecule has 0 aliphatic carbocycles. The van der Waals surface area contributed by atoms with Crippen molar-refractivity contribution in [3.63, 3.8) is 0 Å². The van der Waals surface area contributed by atoms with Crippen molar-refractivity contribution in [3.05, 3.63) is 90.0 Å². The zero-order valence-electron chi connectivity index (χ0n) is 18.7. The van der Waals surface area contributed by atoms with Crippen molar-refractivity contribution in [1.82, 2.24) is 5.32 Å². The maximum absolute atomic E-state index is 12.5. The monoisotopic (exact) mass is 447 g/mol. The lowest BCUT2D eigenvalue weighted by molar-refractivity contribution is -0.114. The van der Waals surface area contributed by atoms with Gasteiger partial charge in [-0.05, 0) is 42.8 Å². The number of ether oxygens (including phenoxy) is 2. The molecule has 3 aromatic rings. The van der Waals surface area contributed by atoms with Crippen LogP contribution < -0.4 is 20.7 Å². The largest absolute Gasteiger partial charge is 0.489 e. The number of nitrogens with one attached hydrogen (secondary N) is 3. The van der Waals surface area contributed by atoms with Crippen molar-refractivity contribution >= 4 is 23.2 Å². The summed E-state index contributed by atoms with van der Waals surface area (Å²) in [5.74, 6) is 0.183. The minimum absolute atomic E-state index is 0.0440. The Morgan fingerprint density at radius 2 is 1.67 bits per heavy atom. The molecule has 0 fully saturated rings. The Morgan fingerprint density at radius 1 is 0.879 bits per heavy atom. The van der Waals surface area contributed by atoms with E-state index in [2.05, 4.69) is 16.0 Å². The first-order valence-corrected chi connectivity index (χ1v) is 10.9. The van der Waals surface area contributed by atoms with Crippen LogP contribution in [0.2, 0.25) is 0 Å². The molecule has 0 aromatic heterocycles. The zero-order chi connectivity index (χ0) is 23.3. The smallest absolute Gasteiger partial charge is 0.251 e. The van der Waals surface area contributed by atoms with Crippen LogP contribution in [0.25, 0.3) is 0 Å². The first-order chi connectivity index (χ1) is 16.2. The molecule has 7 nitrogen and oxygen atoms in total. The third-order valence-electron chi connectivity index (χ3n) is 4.72. The first-order valence-electron chi connectivity index (χ1n) is 10.9. The molecule has 0 spiro atoms. The molecule has 0 heterocycles. The fourth-order valence-electron chi connectivity index (χ4n) is 3.08. The van der Waals surface area contributed by atoms with E-state index in [9.17, 15) is 9.59 Å². The summed E-state index contributed by atoms with van der Waals surface area (Å²) < 4.78 is 11.0. The van der Waals surface area contributed by atoms with Crippen molar-refractivity contribution < 1.29 is 19.1 Å². The minimum Gasteiger partial charge on any atom is -0.489 e. The van der Waals surface area contributed by atoms with Gasteiger partial charge in [0.05, 0.1) is 18.8 Å². The van der Waals surface area contributed by atoms with Gasteiger partial charge in [0.15, 0.2) is 0 Å². The molecule has 3 N–H and O–H groups in total. The van der Waals surface area contributed by atoms with Crippen LogP contribution in [-0.4, -0.2) is 38.2 Å². The lowest BCUT2D eigenvalue weighted by Crippen LogP contribution is -2.24. The van der Waals surface area contributed by atoms with Crippen LogP contribution in [0.4, 0.5) is 11.4 Å². The number of benzene rings is 3. The molecule has 0 saturated carbocycles. The van der Waals surface area contributed by atoms with Crippen LogP contribution in [0.15, 0.2) is 78.9 Å². The number of hydrogen-bond donors (Lipinski definition) is 3. The molecule has 0 bridgehead atoms. The van der Waals surface area contributed by atoms with Crippen LogP contribution in [0.1, 0.15) is 22.8 Å². The fourth-order valence-corrected chi connectivity index (χ4v) is 3.08. The van der Waals surface area contributed by atoms with Gasteiger partial charge >= 0.3 is 0 Å². The van der Waals surface area contributed by atoms with E-state index in [1.807, 2.05) is 55.5 Å². The Labute approximate surface area is 194 Å². The van der Waals surface area contributed by atoms with Crippen LogP contribution in [0.3, 0.4) is 0 Å². The van der Waals surface area contributed by atoms with Gasteiger partial charge in [0.1, 0.15) is 12.4 Å². The topological polar surface area (TPSA) is 88.7 Å². The van der Waals surface area contributed by atoms with Crippen LogP contribution in [0.5, 0.6) is 5.75 Å². The maximum Gasteiger partial charge on any atom is 0.251 e. The second kappa shape index (κ2) is 12.9. The highest BCUT2D eigenvalue weighted by Gasteiger charge is 2.09. The molecule has 0 unspecified atom stereocenters. The van der Waals surface area contributed by atoms with Crippen molar-refractivity contribution in [3.8, 4) is 5.75 Å². The highest BCUT2D eigenvalue weighted by atomic mass is 16.5. The molecule has 3 rings (SSSR count). The summed E-state index contributed by atoms with van der Waals surface area (Å²) in [5, 5.41) is 8.81. The molecule has 172 valence electrons. The Morgan fingerprint density at radius 3 is 2.48 bits per heavy atom. The molecular formula is C26H29N3O4. The third kappa shape index (κ3) is 7.97. The van der Waals surface area contributed by atoms with Gasteiger partial charge in [-0.2, -0.15) is 0 Å². The van der Waals surface area contributed by atoms with Crippen LogP contribution >= 0.6 is 0 Å². The SMILES string of the molecule is CCOCCOc1ccccc1NC(=O)CNc1cccc(C(=O)NCc2ccccc2)c1. The molecule has 0 atom stereocenters. The molecule has 0 aliphatic heterocycles. The summed E-state index contributed by atoms with van der Waals surface area (Å²) in [7, 11) is 0. The quantitative estimate of drug-likeness (QED) is 0.364. The number of anilines is 2. The highest BCUT2D eigenvalue weighted by molar-refractivity contribution is 5.96. The van der Waals surface area contributed by atoms with E-state index in [4.69, 9.17) is 9.47 Å². The van der Waals surface area contributed by atoms with Crippen molar-refractivity contribution in [2.24, 2.45) is 0 Å². The van der Waals surface area contributed by atoms with Gasteiger partial charge in [-0.3, -0.25) is 9.59 Å². The molecular weight excluding hydrogens is 418 g/mol. The summed E-state index contributed by atoms with van der Waals surface area (Å²) >= 11 is 0. The standard InChI is InChI=1S/C26H29N3O4/c1-2-32-15-16-33-24-14-7-6-13-23(24)29-25(30)19-27-22-12-8-11-21(17-22)26(31)28-18-20-9-4-3-5-10-20/h3-14,17,27H,2,15-16,18-19H2,1H3,(H,28,31)(H,29,30). The van der Waals surface area contributed by atoms with Gasteiger partial charge in [-0.1, -0.05) is 48.5 Å². The van der Waals surface area contributed by atoms with Gasteiger partial charge in [0.2, 0.25) is 5.91 Å². The van der Waals surface area contributed by atoms with E-state index in [0.717, 1.165) is 5.56 Å². The summed E-state index contributed by atoms with van der Waals surface area (Å²) in [6.07, 6.45) is 0. The molecule has 0 saturated heterocycles. The van der Waals surface area contributed by atoms with Crippen LogP contribution in [-0.2, 0) is 16.1 Å². The number of hydrogen-bond acceptors (Lipinski definition) is 5. The fraction of sp³-hybridized carbons (Fsp3) is 0.231. The molecule has 0 aliphatic rings. The first kappa shape index (κ1) is 23.8. The van der Waals surface area contributed by atoms with Gasteiger partial charge < -0.3 is 25.4 Å². The summed E-state index contributed by atoms with van der Waals surface area (Å²) in [6, 6.07) is 24.0. The summed E-state index contributed by atoms with van der Waals surface area (Å²) in [5.41, 5.74) is 2.82. The number of rotatable bonds is 12. The Bertz CT molecular complexity index is 1040. The van der Waals surface area contributed by atoms with E-state index >= 15 is 0 Å². The van der Waals surface area contributed by atoms with Crippen molar-refractivity contribution in [2.75, 3.05) is 37.0 Å². The number of carbonyl (C=O) groups is 2. The summed E-state index contributed by atoms with van der Waals surface area (Å²) in [6.45, 7) is 3.93. The lowest BCUT2D eigenvalue weighted by atomic mass is 10.1. The Hall–Kier alpha value is -3.84. The lowest BCUT2D eigenvalue weighted by Gasteiger charge is -2.13. The highest BCUT2D eigenvalue weighted by Crippen LogP contribution is 2.23. The maximum atomic E-state index is 12.5. The molecule has 0 radical (unpaired) electrons. The number of para-hydroxylation sites is 2. The average molecular weight is 448 g/mol. The van der Waals surface area contributed by atoms with Crippen LogP contribution in [0, 0.1) is 0 Å². The zero-order valence-corrected chi connectivity index (χ0v) is 18.7. The molecule has 7 heteroatoms. The normalized spacial score (nSPS) is 10.3. The average Bonchev–Trinajstić information content (AvgIpc) is 2.85. The van der Waals surface area contributed by atoms with Gasteiger partial charge in [0, 0.05) is 24.4 Å². The second-order valence-corrected chi connectivity index (χ2v) is 7.19. The molecule has 3 aromatic carbocycles. The predicted molar refractivity (Wildman–Crippen MR) is 130 cm³/mol. The van der Waals surface area contributed by atoms with E-state index in [1.54, 1.807) is 30.3 Å². The van der Waals surface area contributed by atoms with E-state index in [-0.39, 0.29) is 18.4 Å². The number of carbonyl (C=O) groups excluding carboxylic acids is 2. The van der Waals surface area contributed by atoms with E-state index in [1.165, 1.54) is 0 Å².